The van der Waals surface area contributed by atoms with Crippen LogP contribution in [0.25, 0.3) is 16.2 Å². The Hall–Kier alpha value is -2.02. The van der Waals surface area contributed by atoms with Crippen molar-refractivity contribution in [3.8, 4) is 0 Å². The first kappa shape index (κ1) is 29.0. The summed E-state index contributed by atoms with van der Waals surface area (Å²) in [6, 6.07) is 16.7. The maximum atomic E-state index is 10.1. The Bertz CT molecular complexity index is 894. The van der Waals surface area contributed by atoms with Crippen molar-refractivity contribution in [3.63, 3.8) is 0 Å². The van der Waals surface area contributed by atoms with Crippen molar-refractivity contribution in [1.82, 2.24) is 4.98 Å². The zero-order chi connectivity index (χ0) is 22.4. The predicted molar refractivity (Wildman–Crippen MR) is 127 cm³/mol. The van der Waals surface area contributed by atoms with Gasteiger partial charge in [-0.05, 0) is 43.4 Å². The predicted octanol–water partition coefficient (Wildman–Crippen LogP) is 6.26. The molecule has 2 aromatic carbocycles. The molecule has 1 aromatic heterocycles. The molecule has 165 valence electrons. The monoisotopic (exact) mass is 497 g/mol. The van der Waals surface area contributed by atoms with Crippen LogP contribution in [0.2, 0.25) is 0 Å². The second-order valence-corrected chi connectivity index (χ2v) is 5.93. The summed E-state index contributed by atoms with van der Waals surface area (Å²) in [4.78, 5) is 16.5. The number of nitro groups is 1. The van der Waals surface area contributed by atoms with E-state index < -0.39 is 4.92 Å². The number of fused-ring (bicyclic) bond motifs is 1. The molecular weight excluding hydrogens is 465 g/mol. The van der Waals surface area contributed by atoms with Crippen molar-refractivity contribution in [3.05, 3.63) is 88.7 Å². The van der Waals surface area contributed by atoms with Gasteiger partial charge in [0.25, 0.3) is 0 Å². The average molecular weight is 497 g/mol. The molecule has 0 amide bonds. The smallest absolute Gasteiger partial charge is 0.216 e. The minimum absolute atomic E-state index is 0. The number of anilines is 1. The number of non-ortho nitro benzene ring substituents is 1. The molecular formula is C24H32N4O2Y-2. The third kappa shape index (κ3) is 9.34. The summed E-state index contributed by atoms with van der Waals surface area (Å²) in [5.74, 6) is 0. The summed E-state index contributed by atoms with van der Waals surface area (Å²) in [5.41, 5.74) is 3.12. The van der Waals surface area contributed by atoms with Gasteiger partial charge in [-0.15, -0.1) is 19.2 Å². The van der Waals surface area contributed by atoms with Gasteiger partial charge < -0.3 is 10.2 Å². The van der Waals surface area contributed by atoms with Crippen LogP contribution in [-0.2, 0) is 32.7 Å². The molecule has 0 spiro atoms. The quantitative estimate of drug-likeness (QED) is 0.238. The maximum absolute atomic E-state index is 10.1. The molecule has 1 saturated heterocycles. The zero-order valence-corrected chi connectivity index (χ0v) is 21.8. The van der Waals surface area contributed by atoms with E-state index >= 15 is 0 Å². The molecule has 0 atom stereocenters. The van der Waals surface area contributed by atoms with E-state index in [1.54, 1.807) is 12.1 Å². The van der Waals surface area contributed by atoms with Gasteiger partial charge in [-0.3, -0.25) is 15.1 Å². The SMILES string of the molecule is CC.CC.[CH2-]c1cccc([N+](=O)[O-])c1.[Y].c1cc(N2CC[N-]CC2)c2cccnc2c1. The Morgan fingerprint density at radius 3 is 2.23 bits per heavy atom. The fraction of sp³-hybridized carbons (Fsp3) is 0.333. The van der Waals surface area contributed by atoms with Crippen LogP contribution in [0.3, 0.4) is 0 Å². The van der Waals surface area contributed by atoms with Crippen LogP contribution in [0.5, 0.6) is 0 Å². The third-order valence-electron chi connectivity index (χ3n) is 4.14. The molecule has 31 heavy (non-hydrogen) atoms. The van der Waals surface area contributed by atoms with Crippen molar-refractivity contribution < 1.29 is 37.6 Å². The first-order valence-electron chi connectivity index (χ1n) is 10.4. The van der Waals surface area contributed by atoms with Gasteiger partial charge in [-0.2, -0.15) is 18.6 Å². The van der Waals surface area contributed by atoms with E-state index in [0.717, 1.165) is 31.7 Å². The maximum Gasteiger partial charge on any atom is 0.216 e. The molecule has 6 nitrogen and oxygen atoms in total. The normalized spacial score (nSPS) is 11.9. The number of nitro benzene ring substituents is 1. The van der Waals surface area contributed by atoms with Gasteiger partial charge in [0, 0.05) is 54.9 Å². The molecule has 0 N–H and O–H groups in total. The first-order valence-corrected chi connectivity index (χ1v) is 10.4. The summed E-state index contributed by atoms with van der Waals surface area (Å²) in [6.45, 7) is 15.5. The van der Waals surface area contributed by atoms with E-state index in [1.165, 1.54) is 23.2 Å². The molecule has 0 saturated carbocycles. The minimum atomic E-state index is -0.436. The number of hydrogen-bond acceptors (Lipinski definition) is 4. The number of benzene rings is 2. The Balaban J connectivity index is 0.000000524. The van der Waals surface area contributed by atoms with Gasteiger partial charge in [0.2, 0.25) is 5.69 Å². The molecule has 0 bridgehead atoms. The zero-order valence-electron chi connectivity index (χ0n) is 19.0. The van der Waals surface area contributed by atoms with E-state index in [0.29, 0.717) is 5.56 Å². The van der Waals surface area contributed by atoms with E-state index in [-0.39, 0.29) is 38.4 Å². The molecule has 2 heterocycles. The largest absolute Gasteiger partial charge is 0.659 e. The summed E-state index contributed by atoms with van der Waals surface area (Å²) >= 11 is 0. The fourth-order valence-electron chi connectivity index (χ4n) is 2.88. The van der Waals surface area contributed by atoms with Gasteiger partial charge in [-0.25, -0.2) is 0 Å². The van der Waals surface area contributed by atoms with Gasteiger partial charge in [0.05, 0.1) is 5.52 Å². The molecule has 4 rings (SSSR count). The van der Waals surface area contributed by atoms with Gasteiger partial charge in [0.15, 0.2) is 0 Å². The number of nitrogens with zero attached hydrogens (tertiary/aromatic N) is 4. The number of piperazine rings is 1. The van der Waals surface area contributed by atoms with Crippen molar-refractivity contribution in [2.75, 3.05) is 31.1 Å². The molecule has 1 radical (unpaired) electrons. The van der Waals surface area contributed by atoms with Crippen molar-refractivity contribution >= 4 is 22.3 Å². The van der Waals surface area contributed by atoms with Crippen LogP contribution in [0.1, 0.15) is 33.3 Å². The van der Waals surface area contributed by atoms with Crippen molar-refractivity contribution in [2.24, 2.45) is 0 Å². The van der Waals surface area contributed by atoms with E-state index in [4.69, 9.17) is 0 Å². The summed E-state index contributed by atoms with van der Waals surface area (Å²) in [5, 5.41) is 15.7. The second kappa shape index (κ2) is 16.6. The van der Waals surface area contributed by atoms with Crippen molar-refractivity contribution in [1.29, 1.82) is 0 Å². The van der Waals surface area contributed by atoms with Gasteiger partial charge in [-0.1, -0.05) is 39.8 Å². The number of rotatable bonds is 2. The van der Waals surface area contributed by atoms with Crippen LogP contribution in [0.15, 0.2) is 60.8 Å². The standard InChI is InChI=1S/C13H14N3.C7H6NO2.2C2H6.Y/c1-4-12-11(3-2-6-15-12)13(5-1)16-9-7-14-8-10-16;1-6-3-2-4-7(5-6)8(9)10;2*1-2;/h1-6H,7-10H2;2-5H,1H2;2*1-2H3;/q2*-1;;;. The van der Waals surface area contributed by atoms with E-state index in [9.17, 15) is 10.1 Å². The molecule has 3 aromatic rings. The Labute approximate surface area is 211 Å². The topological polar surface area (TPSA) is 73.4 Å². The molecule has 0 unspecified atom stereocenters. The van der Waals surface area contributed by atoms with Gasteiger partial charge >= 0.3 is 0 Å². The Morgan fingerprint density at radius 1 is 1.00 bits per heavy atom. The van der Waals surface area contributed by atoms with E-state index in [2.05, 4.69) is 46.4 Å². The summed E-state index contributed by atoms with van der Waals surface area (Å²) in [6.07, 6.45) is 1.84. The second-order valence-electron chi connectivity index (χ2n) is 5.93. The van der Waals surface area contributed by atoms with E-state index in [1.807, 2.05) is 40.0 Å². The summed E-state index contributed by atoms with van der Waals surface area (Å²) < 4.78 is 0. The average Bonchev–Trinajstić information content (AvgIpc) is 2.82. The molecule has 7 heteroatoms. The minimum Gasteiger partial charge on any atom is -0.659 e. The van der Waals surface area contributed by atoms with Crippen LogP contribution in [-0.4, -0.2) is 36.1 Å². The van der Waals surface area contributed by atoms with Gasteiger partial charge in [0.1, 0.15) is 0 Å². The number of aromatic nitrogens is 1. The third-order valence-corrected chi connectivity index (χ3v) is 4.14. The molecule has 1 aliphatic rings. The Morgan fingerprint density at radius 2 is 1.65 bits per heavy atom. The first-order chi connectivity index (χ1) is 14.6. The number of pyridine rings is 1. The molecule has 0 aliphatic carbocycles. The molecule has 1 fully saturated rings. The van der Waals surface area contributed by atoms with Crippen LogP contribution < -0.4 is 4.90 Å². The van der Waals surface area contributed by atoms with Crippen LogP contribution >= 0.6 is 0 Å². The molecule has 1 aliphatic heterocycles. The fourth-order valence-corrected chi connectivity index (χ4v) is 2.88. The summed E-state index contributed by atoms with van der Waals surface area (Å²) in [7, 11) is 0. The Kier molecular flexibility index (Phi) is 15.6. The van der Waals surface area contributed by atoms with Crippen LogP contribution in [0, 0.1) is 17.0 Å². The van der Waals surface area contributed by atoms with Crippen molar-refractivity contribution in [2.45, 2.75) is 27.7 Å². The number of hydrogen-bond donors (Lipinski definition) is 0. The van der Waals surface area contributed by atoms with Crippen LogP contribution in [0.4, 0.5) is 11.4 Å².